The molecule has 1 aliphatic heterocycles. The third-order valence-electron chi connectivity index (χ3n) is 7.31. The number of fused-ring (bicyclic) bond motifs is 3. The van der Waals surface area contributed by atoms with E-state index in [0.29, 0.717) is 17.7 Å². The molecule has 242 valence electrons. The summed E-state index contributed by atoms with van der Waals surface area (Å²) in [6, 6.07) is 2.70. The quantitative estimate of drug-likeness (QED) is 0.0966. The molecule has 0 saturated heterocycles. The summed E-state index contributed by atoms with van der Waals surface area (Å²) >= 11 is 12.2. The highest BCUT2D eigenvalue weighted by Gasteiger charge is 2.35. The highest BCUT2D eigenvalue weighted by atomic mass is 35.5. The number of esters is 2. The van der Waals surface area contributed by atoms with Gasteiger partial charge < -0.3 is 39.1 Å². The molecule has 0 amide bonds. The summed E-state index contributed by atoms with van der Waals surface area (Å²) in [5, 5.41) is 40.3. The molecule has 0 saturated carbocycles. The summed E-state index contributed by atoms with van der Waals surface area (Å²) < 4.78 is 21.3. The third kappa shape index (κ3) is 5.91. The number of aryl methyl sites for hydroxylation is 1. The Kier molecular flexibility index (Phi) is 9.51. The molecule has 13 heteroatoms. The van der Waals surface area contributed by atoms with E-state index in [1.165, 1.54) is 40.0 Å². The zero-order valence-corrected chi connectivity index (χ0v) is 27.4. The van der Waals surface area contributed by atoms with Crippen molar-refractivity contribution < 1.29 is 48.6 Å². The van der Waals surface area contributed by atoms with Crippen molar-refractivity contribution in [2.75, 3.05) is 7.11 Å². The highest BCUT2D eigenvalue weighted by Crippen LogP contribution is 2.52. The second-order valence-corrected chi connectivity index (χ2v) is 11.5. The Morgan fingerprint density at radius 1 is 0.848 bits per heavy atom. The van der Waals surface area contributed by atoms with Gasteiger partial charge in [-0.1, -0.05) is 34.9 Å². The SMILES string of the molecule is CC(C)=CCc1c(O)cc2oc(C)cc(=O)c2c1O.COC(=O)c1c(C)c2c(c(C)c1O)OC(=O)c1c(C)c(Cl)c(O)c(Cl)c1O2. The summed E-state index contributed by atoms with van der Waals surface area (Å²) in [6.45, 7) is 9.92. The fraction of sp³-hybridized carbons (Fsp3) is 0.242. The van der Waals surface area contributed by atoms with Crippen LogP contribution in [0, 0.1) is 27.7 Å². The van der Waals surface area contributed by atoms with Crippen LogP contribution in [-0.2, 0) is 11.2 Å². The fourth-order valence-corrected chi connectivity index (χ4v) is 5.31. The predicted octanol–water partition coefficient (Wildman–Crippen LogP) is 7.46. The van der Waals surface area contributed by atoms with Crippen molar-refractivity contribution in [1.82, 2.24) is 0 Å². The molecule has 0 unspecified atom stereocenters. The fourth-order valence-electron chi connectivity index (χ4n) is 4.84. The van der Waals surface area contributed by atoms with Crippen molar-refractivity contribution in [1.29, 1.82) is 0 Å². The van der Waals surface area contributed by atoms with E-state index in [1.807, 2.05) is 19.9 Å². The molecule has 0 atom stereocenters. The number of phenols is 4. The van der Waals surface area contributed by atoms with Crippen LogP contribution < -0.4 is 14.9 Å². The first-order chi connectivity index (χ1) is 21.5. The van der Waals surface area contributed by atoms with E-state index in [4.69, 9.17) is 41.8 Å². The van der Waals surface area contributed by atoms with Crippen LogP contribution in [0.2, 0.25) is 10.0 Å². The zero-order valence-electron chi connectivity index (χ0n) is 25.8. The number of hydrogen-bond acceptors (Lipinski definition) is 11. The molecule has 0 spiro atoms. The largest absolute Gasteiger partial charge is 0.507 e. The van der Waals surface area contributed by atoms with Crippen LogP contribution in [0.4, 0.5) is 0 Å². The first kappa shape index (κ1) is 34.0. The smallest absolute Gasteiger partial charge is 0.347 e. The minimum Gasteiger partial charge on any atom is -0.507 e. The van der Waals surface area contributed by atoms with Gasteiger partial charge in [-0.15, -0.1) is 0 Å². The maximum absolute atomic E-state index is 12.7. The van der Waals surface area contributed by atoms with Gasteiger partial charge in [0, 0.05) is 28.8 Å². The lowest BCUT2D eigenvalue weighted by Gasteiger charge is -2.17. The van der Waals surface area contributed by atoms with Crippen LogP contribution in [0.15, 0.2) is 33.0 Å². The lowest BCUT2D eigenvalue weighted by molar-refractivity contribution is 0.0595. The average Bonchev–Trinajstić information content (AvgIpc) is 3.14. The van der Waals surface area contributed by atoms with E-state index in [-0.39, 0.29) is 83.0 Å². The molecule has 0 radical (unpaired) electrons. The first-order valence-electron chi connectivity index (χ1n) is 13.7. The Balaban J connectivity index is 0.000000222. The number of hydrogen-bond donors (Lipinski definition) is 4. The van der Waals surface area contributed by atoms with Gasteiger partial charge in [-0.3, -0.25) is 4.79 Å². The van der Waals surface area contributed by atoms with E-state index >= 15 is 0 Å². The van der Waals surface area contributed by atoms with Gasteiger partial charge >= 0.3 is 11.9 Å². The van der Waals surface area contributed by atoms with Crippen molar-refractivity contribution in [2.45, 2.75) is 48.0 Å². The van der Waals surface area contributed by atoms with Gasteiger partial charge in [0.15, 0.2) is 28.4 Å². The van der Waals surface area contributed by atoms with Crippen LogP contribution >= 0.6 is 23.2 Å². The Morgan fingerprint density at radius 3 is 2.09 bits per heavy atom. The van der Waals surface area contributed by atoms with Crippen molar-refractivity contribution in [3.63, 3.8) is 0 Å². The number of methoxy groups -OCH3 is 1. The van der Waals surface area contributed by atoms with Crippen molar-refractivity contribution in [3.8, 4) is 40.2 Å². The van der Waals surface area contributed by atoms with Crippen molar-refractivity contribution in [2.24, 2.45) is 0 Å². The number of rotatable bonds is 3. The number of allylic oxidation sites excluding steroid dienone is 2. The molecule has 1 aromatic heterocycles. The highest BCUT2D eigenvalue weighted by molar-refractivity contribution is 6.39. The van der Waals surface area contributed by atoms with E-state index in [0.717, 1.165) is 5.57 Å². The van der Waals surface area contributed by atoms with E-state index < -0.39 is 23.4 Å². The van der Waals surface area contributed by atoms with Crippen LogP contribution in [-0.4, -0.2) is 39.5 Å². The Bertz CT molecular complexity index is 2040. The molecular weight excluding hydrogens is 643 g/mol. The lowest BCUT2D eigenvalue weighted by Crippen LogP contribution is -2.11. The molecule has 4 aromatic rings. The Morgan fingerprint density at radius 2 is 1.48 bits per heavy atom. The summed E-state index contributed by atoms with van der Waals surface area (Å²) in [6.07, 6.45) is 2.24. The lowest BCUT2D eigenvalue weighted by atomic mass is 10.0. The second kappa shape index (κ2) is 12.9. The number of benzene rings is 3. The van der Waals surface area contributed by atoms with Crippen LogP contribution in [0.1, 0.15) is 62.6 Å². The molecule has 2 heterocycles. The van der Waals surface area contributed by atoms with Gasteiger partial charge in [0.05, 0.1) is 12.1 Å². The Labute approximate surface area is 272 Å². The van der Waals surface area contributed by atoms with E-state index in [2.05, 4.69) is 0 Å². The van der Waals surface area contributed by atoms with E-state index in [1.54, 1.807) is 6.92 Å². The molecule has 0 bridgehead atoms. The minimum atomic E-state index is -0.835. The van der Waals surface area contributed by atoms with Gasteiger partial charge in [0.25, 0.3) is 0 Å². The number of aromatic hydroxyl groups is 4. The molecule has 0 aliphatic carbocycles. The number of carbonyl (C=O) groups is 2. The summed E-state index contributed by atoms with van der Waals surface area (Å²) in [5.41, 5.74) is 1.55. The maximum atomic E-state index is 12.7. The van der Waals surface area contributed by atoms with Gasteiger partial charge in [0.2, 0.25) is 0 Å². The first-order valence-corrected chi connectivity index (χ1v) is 14.4. The normalized spacial score (nSPS) is 11.7. The molecule has 4 N–H and O–H groups in total. The Hall–Kier alpha value is -4.87. The standard InChI is InChI=1S/C18H14Cl2O7.C15H16O4/c1-5-9-16(11(20)13(22)10(5)19)26-14-6(2)8(17(23)25-4)12(21)7(3)15(14)27-18(9)24;1-8(2)4-5-10-11(16)7-13-14(15(10)18)12(17)6-9(3)19-13/h21-22H,1-4H3;4,6-7,16,18H,5H2,1-3H3. The summed E-state index contributed by atoms with van der Waals surface area (Å²) in [5.74, 6) is -2.58. The molecule has 5 rings (SSSR count). The number of halogens is 2. The number of ether oxygens (including phenoxy) is 3. The molecule has 3 aromatic carbocycles. The van der Waals surface area contributed by atoms with Gasteiger partial charge in [-0.2, -0.15) is 0 Å². The molecule has 46 heavy (non-hydrogen) atoms. The van der Waals surface area contributed by atoms with Crippen molar-refractivity contribution >= 4 is 46.1 Å². The number of phenolic OH excluding ortho intramolecular Hbond substituents is 4. The molecule has 11 nitrogen and oxygen atoms in total. The zero-order chi connectivity index (χ0) is 34.4. The third-order valence-corrected chi connectivity index (χ3v) is 8.12. The monoisotopic (exact) mass is 672 g/mol. The van der Waals surface area contributed by atoms with Crippen molar-refractivity contribution in [3.05, 3.63) is 83.2 Å². The van der Waals surface area contributed by atoms with Crippen LogP contribution in [0.3, 0.4) is 0 Å². The summed E-state index contributed by atoms with van der Waals surface area (Å²) in [7, 11) is 1.17. The average molecular weight is 673 g/mol. The van der Waals surface area contributed by atoms with E-state index in [9.17, 15) is 34.8 Å². The second-order valence-electron chi connectivity index (χ2n) is 10.7. The van der Waals surface area contributed by atoms with Gasteiger partial charge in [-0.05, 0) is 53.5 Å². The molecule has 0 fully saturated rings. The van der Waals surface area contributed by atoms with Gasteiger partial charge in [0.1, 0.15) is 50.1 Å². The maximum Gasteiger partial charge on any atom is 0.347 e. The predicted molar refractivity (Wildman–Crippen MR) is 171 cm³/mol. The van der Waals surface area contributed by atoms with Crippen LogP contribution in [0.25, 0.3) is 11.0 Å². The topological polar surface area (TPSA) is 173 Å². The molecule has 1 aliphatic rings. The number of carbonyl (C=O) groups excluding carboxylic acids is 2. The minimum absolute atomic E-state index is 0.0131. The van der Waals surface area contributed by atoms with Crippen LogP contribution in [0.5, 0.6) is 40.2 Å². The van der Waals surface area contributed by atoms with Gasteiger partial charge in [-0.25, -0.2) is 9.59 Å². The molecular formula is C33H30Cl2O11. The summed E-state index contributed by atoms with van der Waals surface area (Å²) in [4.78, 5) is 36.7.